The van der Waals surface area contributed by atoms with E-state index in [0.29, 0.717) is 18.9 Å². The molecule has 188 valence electrons. The van der Waals surface area contributed by atoms with Crippen LogP contribution in [-0.4, -0.2) is 37.2 Å². The van der Waals surface area contributed by atoms with Crippen LogP contribution in [0.5, 0.6) is 0 Å². The van der Waals surface area contributed by atoms with E-state index in [1.807, 2.05) is 43.3 Å². The number of alkyl carbamates (subject to hydrolysis) is 1. The maximum absolute atomic E-state index is 13.5. The van der Waals surface area contributed by atoms with E-state index in [2.05, 4.69) is 15.5 Å². The van der Waals surface area contributed by atoms with Gasteiger partial charge in [-0.25, -0.2) is 9.18 Å². The standard InChI is InChI=1S/C28H36FN3O3/c1-20(18-32-15-14-23-17-24(29)12-13-26(23)32)30-27(33)25(16-21-8-4-2-5-9-21)31-28(34)35-19-22-10-6-3-7-11-22/h3,6-7,10-13,17,20-21,25H,2,4-5,8-9,14-16,18-19H2,1H3,(H,30,33)(H,31,34)/t20-,25-/m0/s1. The maximum atomic E-state index is 13.5. The van der Waals surface area contributed by atoms with Gasteiger partial charge in [0.25, 0.3) is 0 Å². The van der Waals surface area contributed by atoms with Crippen LogP contribution in [0.15, 0.2) is 48.5 Å². The lowest BCUT2D eigenvalue weighted by Crippen LogP contribution is -2.52. The Kier molecular flexibility index (Phi) is 8.61. The lowest BCUT2D eigenvalue weighted by Gasteiger charge is -2.29. The zero-order valence-corrected chi connectivity index (χ0v) is 20.5. The molecule has 1 fully saturated rings. The van der Waals surface area contributed by atoms with Gasteiger partial charge < -0.3 is 20.3 Å². The molecule has 6 nitrogen and oxygen atoms in total. The summed E-state index contributed by atoms with van der Waals surface area (Å²) >= 11 is 0. The summed E-state index contributed by atoms with van der Waals surface area (Å²) in [7, 11) is 0. The fourth-order valence-electron chi connectivity index (χ4n) is 5.24. The SMILES string of the molecule is C[C@@H](CN1CCc2cc(F)ccc21)NC(=O)[C@H](CC1CCCCC1)NC(=O)OCc1ccccc1. The van der Waals surface area contributed by atoms with Crippen LogP contribution >= 0.6 is 0 Å². The van der Waals surface area contributed by atoms with Gasteiger partial charge in [0.2, 0.25) is 5.91 Å². The Morgan fingerprint density at radius 3 is 2.63 bits per heavy atom. The van der Waals surface area contributed by atoms with Gasteiger partial charge in [0.15, 0.2) is 0 Å². The third-order valence-electron chi connectivity index (χ3n) is 7.03. The predicted molar refractivity (Wildman–Crippen MR) is 135 cm³/mol. The van der Waals surface area contributed by atoms with Crippen LogP contribution in [0, 0.1) is 11.7 Å². The first kappa shape index (κ1) is 25.0. The van der Waals surface area contributed by atoms with E-state index in [0.717, 1.165) is 42.6 Å². The summed E-state index contributed by atoms with van der Waals surface area (Å²) in [4.78, 5) is 28.0. The number of carbonyl (C=O) groups is 2. The largest absolute Gasteiger partial charge is 0.445 e. The van der Waals surface area contributed by atoms with Gasteiger partial charge in [0.1, 0.15) is 18.5 Å². The molecule has 1 saturated carbocycles. The number of hydrogen-bond acceptors (Lipinski definition) is 4. The van der Waals surface area contributed by atoms with Crippen LogP contribution in [-0.2, 0) is 22.6 Å². The second kappa shape index (κ2) is 12.0. The zero-order valence-electron chi connectivity index (χ0n) is 20.5. The van der Waals surface area contributed by atoms with Crippen LogP contribution in [0.2, 0.25) is 0 Å². The topological polar surface area (TPSA) is 70.7 Å². The fraction of sp³-hybridized carbons (Fsp3) is 0.500. The number of ether oxygens (including phenoxy) is 1. The molecule has 1 aliphatic carbocycles. The normalized spacial score (nSPS) is 17.4. The molecule has 2 aromatic carbocycles. The van der Waals surface area contributed by atoms with Crippen molar-refractivity contribution in [2.75, 3.05) is 18.0 Å². The third-order valence-corrected chi connectivity index (χ3v) is 7.03. The summed E-state index contributed by atoms with van der Waals surface area (Å²) in [6.45, 7) is 3.55. The average Bonchev–Trinajstić information content (AvgIpc) is 3.25. The minimum absolute atomic E-state index is 0.130. The highest BCUT2D eigenvalue weighted by molar-refractivity contribution is 5.85. The minimum atomic E-state index is -0.635. The molecule has 0 saturated heterocycles. The Balaban J connectivity index is 1.33. The van der Waals surface area contributed by atoms with Crippen molar-refractivity contribution in [3.63, 3.8) is 0 Å². The molecule has 2 aromatic rings. The lowest BCUT2D eigenvalue weighted by molar-refractivity contribution is -0.124. The molecule has 0 spiro atoms. The average molecular weight is 482 g/mol. The molecule has 2 N–H and O–H groups in total. The number of nitrogens with one attached hydrogen (secondary N) is 2. The maximum Gasteiger partial charge on any atom is 0.408 e. The number of halogens is 1. The van der Waals surface area contributed by atoms with E-state index in [1.165, 1.54) is 25.3 Å². The molecule has 35 heavy (non-hydrogen) atoms. The fourth-order valence-corrected chi connectivity index (χ4v) is 5.24. The summed E-state index contributed by atoms with van der Waals surface area (Å²) in [5.41, 5.74) is 2.92. The van der Waals surface area contributed by atoms with Crippen molar-refractivity contribution in [2.24, 2.45) is 5.92 Å². The second-order valence-corrected chi connectivity index (χ2v) is 9.88. The Labute approximate surface area is 207 Å². The predicted octanol–water partition coefficient (Wildman–Crippen LogP) is 4.96. The van der Waals surface area contributed by atoms with Crippen molar-refractivity contribution >= 4 is 17.7 Å². The van der Waals surface area contributed by atoms with Gasteiger partial charge in [0, 0.05) is 24.8 Å². The molecule has 2 atom stereocenters. The number of amides is 2. The summed E-state index contributed by atoms with van der Waals surface area (Å²) in [6, 6.07) is 13.6. The van der Waals surface area contributed by atoms with Crippen LogP contribution in [0.4, 0.5) is 14.9 Å². The first-order valence-electron chi connectivity index (χ1n) is 12.8. The van der Waals surface area contributed by atoms with Crippen LogP contribution in [0.3, 0.4) is 0 Å². The number of anilines is 1. The molecule has 0 aromatic heterocycles. The van der Waals surface area contributed by atoms with Gasteiger partial charge in [-0.15, -0.1) is 0 Å². The highest BCUT2D eigenvalue weighted by Crippen LogP contribution is 2.29. The van der Waals surface area contributed by atoms with Gasteiger partial charge in [-0.1, -0.05) is 62.4 Å². The Bertz CT molecular complexity index is 994. The van der Waals surface area contributed by atoms with Crippen LogP contribution < -0.4 is 15.5 Å². The molecule has 2 aliphatic rings. The number of benzene rings is 2. The molecule has 4 rings (SSSR count). The number of nitrogens with zero attached hydrogens (tertiary/aromatic N) is 1. The molecule has 1 aliphatic heterocycles. The molecular formula is C28H36FN3O3. The number of carbonyl (C=O) groups excluding carboxylic acids is 2. The summed E-state index contributed by atoms with van der Waals surface area (Å²) in [5.74, 6) is 0.0191. The molecule has 0 radical (unpaired) electrons. The third kappa shape index (κ3) is 7.20. The van der Waals surface area contributed by atoms with Gasteiger partial charge >= 0.3 is 6.09 Å². The van der Waals surface area contributed by atoms with E-state index >= 15 is 0 Å². The minimum Gasteiger partial charge on any atom is -0.445 e. The molecule has 0 bridgehead atoms. The molecular weight excluding hydrogens is 445 g/mol. The van der Waals surface area contributed by atoms with Crippen molar-refractivity contribution in [2.45, 2.75) is 70.6 Å². The number of rotatable bonds is 9. The molecule has 0 unspecified atom stereocenters. The quantitative estimate of drug-likeness (QED) is 0.531. The van der Waals surface area contributed by atoms with Gasteiger partial charge in [0.05, 0.1) is 0 Å². The highest BCUT2D eigenvalue weighted by Gasteiger charge is 2.28. The van der Waals surface area contributed by atoms with Crippen molar-refractivity contribution in [1.29, 1.82) is 0 Å². The highest BCUT2D eigenvalue weighted by atomic mass is 19.1. The molecule has 1 heterocycles. The van der Waals surface area contributed by atoms with Gasteiger partial charge in [-0.2, -0.15) is 0 Å². The van der Waals surface area contributed by atoms with E-state index in [1.54, 1.807) is 6.07 Å². The van der Waals surface area contributed by atoms with Crippen molar-refractivity contribution in [1.82, 2.24) is 10.6 Å². The first-order valence-corrected chi connectivity index (χ1v) is 12.8. The van der Waals surface area contributed by atoms with Gasteiger partial charge in [-0.3, -0.25) is 4.79 Å². The summed E-state index contributed by atoms with van der Waals surface area (Å²) in [5, 5.41) is 5.92. The Hall–Kier alpha value is -3.09. The van der Waals surface area contributed by atoms with Crippen molar-refractivity contribution in [3.8, 4) is 0 Å². The van der Waals surface area contributed by atoms with Crippen LogP contribution in [0.25, 0.3) is 0 Å². The molecule has 2 amide bonds. The lowest BCUT2D eigenvalue weighted by atomic mass is 9.84. The van der Waals surface area contributed by atoms with E-state index in [4.69, 9.17) is 4.74 Å². The first-order chi connectivity index (χ1) is 17.0. The zero-order chi connectivity index (χ0) is 24.6. The smallest absolute Gasteiger partial charge is 0.408 e. The monoisotopic (exact) mass is 481 g/mol. The van der Waals surface area contributed by atoms with Crippen molar-refractivity contribution in [3.05, 3.63) is 65.5 Å². The van der Waals surface area contributed by atoms with Crippen LogP contribution in [0.1, 0.15) is 56.6 Å². The molecule has 7 heteroatoms. The second-order valence-electron chi connectivity index (χ2n) is 9.88. The summed E-state index contributed by atoms with van der Waals surface area (Å²) < 4.78 is 18.9. The Morgan fingerprint density at radius 2 is 1.86 bits per heavy atom. The Morgan fingerprint density at radius 1 is 1.09 bits per heavy atom. The van der Waals surface area contributed by atoms with Gasteiger partial charge in [-0.05, 0) is 55.0 Å². The number of fused-ring (bicyclic) bond motifs is 1. The van der Waals surface area contributed by atoms with E-state index < -0.39 is 12.1 Å². The number of hydrogen-bond donors (Lipinski definition) is 2. The summed E-state index contributed by atoms with van der Waals surface area (Å²) in [6.07, 6.45) is 6.58. The van der Waals surface area contributed by atoms with E-state index in [9.17, 15) is 14.0 Å². The van der Waals surface area contributed by atoms with E-state index in [-0.39, 0.29) is 24.4 Å². The van der Waals surface area contributed by atoms with Crippen molar-refractivity contribution < 1.29 is 18.7 Å².